The number of urea groups is 1. The van der Waals surface area contributed by atoms with Crippen molar-refractivity contribution in [3.63, 3.8) is 0 Å². The molecule has 2 aromatic rings. The van der Waals surface area contributed by atoms with Crippen molar-refractivity contribution < 1.29 is 14.3 Å². The van der Waals surface area contributed by atoms with E-state index in [2.05, 4.69) is 10.1 Å². The van der Waals surface area contributed by atoms with Crippen molar-refractivity contribution in [2.75, 3.05) is 50.8 Å². The summed E-state index contributed by atoms with van der Waals surface area (Å²) in [6, 6.07) is 9.36. The molecular formula is C19H20N6O3. The molecule has 9 nitrogen and oxygen atoms in total. The summed E-state index contributed by atoms with van der Waals surface area (Å²) in [5, 5.41) is 4.50. The number of benzene rings is 1. The number of carbonyl (C=O) groups excluding carboxylic acids is 2. The number of para-hydroxylation sites is 1. The number of nitrogens with zero attached hydrogens (tertiary/aromatic N) is 6. The second kappa shape index (κ2) is 6.75. The maximum atomic E-state index is 13.2. The Morgan fingerprint density at radius 1 is 1.11 bits per heavy atom. The van der Waals surface area contributed by atoms with Gasteiger partial charge in [-0.25, -0.2) is 9.48 Å². The van der Waals surface area contributed by atoms with Crippen LogP contribution in [-0.4, -0.2) is 83.3 Å². The maximum absolute atomic E-state index is 13.2. The maximum Gasteiger partial charge on any atom is 0.331 e. The van der Waals surface area contributed by atoms with Gasteiger partial charge in [-0.05, 0) is 12.1 Å². The van der Waals surface area contributed by atoms with Crippen molar-refractivity contribution in [2.24, 2.45) is 4.99 Å². The Balaban J connectivity index is 1.55. The molecule has 3 aliphatic rings. The third-order valence-electron chi connectivity index (χ3n) is 5.20. The topological polar surface area (TPSA) is 83.3 Å². The number of anilines is 1. The Morgan fingerprint density at radius 3 is 2.68 bits per heavy atom. The fourth-order valence-electron chi connectivity index (χ4n) is 3.81. The van der Waals surface area contributed by atoms with E-state index in [0.29, 0.717) is 51.0 Å². The molecule has 4 heterocycles. The van der Waals surface area contributed by atoms with Gasteiger partial charge in [0.2, 0.25) is 5.91 Å². The van der Waals surface area contributed by atoms with Crippen molar-refractivity contribution in [1.29, 1.82) is 0 Å². The van der Waals surface area contributed by atoms with Crippen molar-refractivity contribution in [1.82, 2.24) is 19.6 Å². The first-order valence-corrected chi connectivity index (χ1v) is 9.37. The van der Waals surface area contributed by atoms with E-state index in [4.69, 9.17) is 4.74 Å². The third kappa shape index (κ3) is 2.66. The Labute approximate surface area is 161 Å². The summed E-state index contributed by atoms with van der Waals surface area (Å²) >= 11 is 0. The van der Waals surface area contributed by atoms with E-state index in [1.165, 1.54) is 4.90 Å². The number of morpholine rings is 1. The Hall–Kier alpha value is -3.20. The zero-order chi connectivity index (χ0) is 19.1. The predicted molar refractivity (Wildman–Crippen MR) is 102 cm³/mol. The SMILES string of the molecule is O=C(CN1C(=O)N2CCN=C2c2cnn(-c3ccccc3)c21)N1CCOCC1. The lowest BCUT2D eigenvalue weighted by Crippen LogP contribution is -2.54. The second-order valence-corrected chi connectivity index (χ2v) is 6.85. The van der Waals surface area contributed by atoms with Crippen LogP contribution in [-0.2, 0) is 9.53 Å². The number of fused-ring (bicyclic) bond motifs is 3. The van der Waals surface area contributed by atoms with Crippen molar-refractivity contribution >= 4 is 23.6 Å². The van der Waals surface area contributed by atoms with E-state index in [1.54, 1.807) is 20.7 Å². The van der Waals surface area contributed by atoms with Gasteiger partial charge in [0.25, 0.3) is 0 Å². The van der Waals surface area contributed by atoms with Crippen LogP contribution in [0, 0.1) is 0 Å². The lowest BCUT2D eigenvalue weighted by Gasteiger charge is -2.35. The fourth-order valence-corrected chi connectivity index (χ4v) is 3.81. The minimum Gasteiger partial charge on any atom is -0.378 e. The minimum atomic E-state index is -0.233. The highest BCUT2D eigenvalue weighted by Crippen LogP contribution is 2.32. The van der Waals surface area contributed by atoms with Gasteiger partial charge in [-0.3, -0.25) is 19.6 Å². The highest BCUT2D eigenvalue weighted by molar-refractivity contribution is 6.20. The van der Waals surface area contributed by atoms with E-state index in [9.17, 15) is 9.59 Å². The zero-order valence-corrected chi connectivity index (χ0v) is 15.3. The number of hydrogen-bond donors (Lipinski definition) is 0. The Morgan fingerprint density at radius 2 is 1.89 bits per heavy atom. The first kappa shape index (κ1) is 16.9. The van der Waals surface area contributed by atoms with Gasteiger partial charge in [0.1, 0.15) is 12.4 Å². The number of carbonyl (C=O) groups is 2. The normalized spacial score (nSPS) is 18.8. The zero-order valence-electron chi connectivity index (χ0n) is 15.3. The second-order valence-electron chi connectivity index (χ2n) is 6.85. The number of amidine groups is 1. The molecule has 144 valence electrons. The van der Waals surface area contributed by atoms with Crippen molar-refractivity contribution in [3.05, 3.63) is 42.1 Å². The van der Waals surface area contributed by atoms with Crippen LogP contribution in [0.15, 0.2) is 41.5 Å². The van der Waals surface area contributed by atoms with E-state index in [-0.39, 0.29) is 18.5 Å². The lowest BCUT2D eigenvalue weighted by atomic mass is 10.2. The van der Waals surface area contributed by atoms with Gasteiger partial charge in [-0.1, -0.05) is 18.2 Å². The number of aliphatic imine (C=N–C) groups is 1. The van der Waals surface area contributed by atoms with Gasteiger partial charge in [-0.15, -0.1) is 0 Å². The molecule has 0 saturated carbocycles. The molecule has 0 bridgehead atoms. The van der Waals surface area contributed by atoms with Crippen LogP contribution in [0.5, 0.6) is 0 Å². The lowest BCUT2D eigenvalue weighted by molar-refractivity contribution is -0.133. The van der Waals surface area contributed by atoms with Crippen molar-refractivity contribution in [2.45, 2.75) is 0 Å². The fraction of sp³-hybridized carbons (Fsp3) is 0.368. The summed E-state index contributed by atoms with van der Waals surface area (Å²) in [5.41, 5.74) is 1.60. The summed E-state index contributed by atoms with van der Waals surface area (Å²) in [5.74, 6) is 1.13. The average molecular weight is 380 g/mol. The Kier molecular flexibility index (Phi) is 4.09. The van der Waals surface area contributed by atoms with E-state index in [1.807, 2.05) is 30.3 Å². The van der Waals surface area contributed by atoms with Crippen LogP contribution >= 0.6 is 0 Å². The van der Waals surface area contributed by atoms with Gasteiger partial charge in [0.15, 0.2) is 5.82 Å². The molecule has 9 heteroatoms. The highest BCUT2D eigenvalue weighted by atomic mass is 16.5. The molecule has 0 N–H and O–H groups in total. The van der Waals surface area contributed by atoms with Crippen LogP contribution in [0.1, 0.15) is 5.56 Å². The first-order chi connectivity index (χ1) is 13.7. The summed E-state index contributed by atoms with van der Waals surface area (Å²) in [6.07, 6.45) is 1.72. The molecule has 0 spiro atoms. The summed E-state index contributed by atoms with van der Waals surface area (Å²) in [4.78, 5) is 35.5. The molecule has 0 radical (unpaired) electrons. The first-order valence-electron chi connectivity index (χ1n) is 9.37. The van der Waals surface area contributed by atoms with Crippen LogP contribution in [0.3, 0.4) is 0 Å². The minimum absolute atomic E-state index is 0.0336. The molecule has 0 aliphatic carbocycles. The number of ether oxygens (including phenoxy) is 1. The highest BCUT2D eigenvalue weighted by Gasteiger charge is 2.41. The van der Waals surface area contributed by atoms with Gasteiger partial charge in [0, 0.05) is 19.6 Å². The smallest absolute Gasteiger partial charge is 0.331 e. The van der Waals surface area contributed by atoms with Gasteiger partial charge < -0.3 is 9.64 Å². The molecule has 3 amide bonds. The molecular weight excluding hydrogens is 360 g/mol. The number of rotatable bonds is 3. The summed E-state index contributed by atoms with van der Waals surface area (Å²) in [6.45, 7) is 3.18. The van der Waals surface area contributed by atoms with Gasteiger partial charge in [-0.2, -0.15) is 5.10 Å². The van der Waals surface area contributed by atoms with E-state index in [0.717, 1.165) is 11.3 Å². The molecule has 0 unspecified atom stereocenters. The van der Waals surface area contributed by atoms with Crippen molar-refractivity contribution in [3.8, 4) is 5.69 Å². The standard InChI is InChI=1S/C19H20N6O3/c26-16(22-8-10-28-11-9-22)13-24-18-15(17-20-6-7-23(17)19(24)27)12-21-25(18)14-4-2-1-3-5-14/h1-5,12H,6-11,13H2. The monoisotopic (exact) mass is 380 g/mol. The largest absolute Gasteiger partial charge is 0.378 e. The number of hydrogen-bond acceptors (Lipinski definition) is 5. The van der Waals surface area contributed by atoms with Crippen LogP contribution in [0.2, 0.25) is 0 Å². The third-order valence-corrected chi connectivity index (χ3v) is 5.20. The number of amides is 3. The van der Waals surface area contributed by atoms with Crippen LogP contribution < -0.4 is 4.90 Å². The molecule has 0 atom stereocenters. The summed E-state index contributed by atoms with van der Waals surface area (Å²) < 4.78 is 7.03. The Bertz CT molecular complexity index is 948. The predicted octanol–water partition coefficient (Wildman–Crippen LogP) is 0.733. The molecule has 5 rings (SSSR count). The van der Waals surface area contributed by atoms with E-state index < -0.39 is 0 Å². The quantitative estimate of drug-likeness (QED) is 0.786. The van der Waals surface area contributed by atoms with Gasteiger partial charge in [0.05, 0.1) is 37.2 Å². The molecule has 1 aromatic heterocycles. The van der Waals surface area contributed by atoms with Crippen LogP contribution in [0.25, 0.3) is 5.69 Å². The number of aromatic nitrogens is 2. The van der Waals surface area contributed by atoms with Gasteiger partial charge >= 0.3 is 6.03 Å². The molecule has 28 heavy (non-hydrogen) atoms. The van der Waals surface area contributed by atoms with E-state index >= 15 is 0 Å². The molecule has 1 saturated heterocycles. The molecule has 1 aromatic carbocycles. The summed E-state index contributed by atoms with van der Waals surface area (Å²) in [7, 11) is 0. The molecule has 3 aliphatic heterocycles. The molecule has 1 fully saturated rings. The van der Waals surface area contributed by atoms with Crippen LogP contribution in [0.4, 0.5) is 10.6 Å². The average Bonchev–Trinajstić information content (AvgIpc) is 3.39.